The number of primary amides is 2. The van der Waals surface area contributed by atoms with Crippen LogP contribution in [-0.4, -0.2) is 32.9 Å². The topological polar surface area (TPSA) is 153 Å². The van der Waals surface area contributed by atoms with Crippen molar-refractivity contribution < 1.29 is 9.59 Å². The van der Waals surface area contributed by atoms with Gasteiger partial charge in [0.2, 0.25) is 0 Å². The van der Waals surface area contributed by atoms with Crippen LogP contribution < -0.4 is 22.3 Å². The summed E-state index contributed by atoms with van der Waals surface area (Å²) in [7, 11) is 0. The maximum Gasteiger partial charge on any atom is 0.332 e. The quantitative estimate of drug-likeness (QED) is 0.358. The van der Waals surface area contributed by atoms with Crippen molar-refractivity contribution >= 4 is 17.8 Å². The van der Waals surface area contributed by atoms with Gasteiger partial charge in [0.05, 0.1) is 11.9 Å². The first-order valence-electron chi connectivity index (χ1n) is 4.08. The van der Waals surface area contributed by atoms with E-state index >= 15 is 0 Å². The molecule has 0 aromatic carbocycles. The van der Waals surface area contributed by atoms with Gasteiger partial charge in [0, 0.05) is 0 Å². The highest BCUT2D eigenvalue weighted by Crippen LogP contribution is 1.93. The highest BCUT2D eigenvalue weighted by Gasteiger charge is 2.05. The molecule has 10 heteroatoms. The molecular formula is C6H10N8O2. The van der Waals surface area contributed by atoms with Crippen molar-refractivity contribution in [3.63, 3.8) is 0 Å². The predicted octanol–water partition coefficient (Wildman–Crippen LogP) is -1.71. The lowest BCUT2D eigenvalue weighted by Crippen LogP contribution is -2.28. The van der Waals surface area contributed by atoms with E-state index in [0.717, 1.165) is 4.79 Å². The van der Waals surface area contributed by atoms with Crippen molar-refractivity contribution in [3.05, 3.63) is 11.9 Å². The van der Waals surface area contributed by atoms with Crippen LogP contribution in [0.3, 0.4) is 0 Å². The minimum Gasteiger partial charge on any atom is -0.350 e. The monoisotopic (exact) mass is 226 g/mol. The maximum absolute atomic E-state index is 10.5. The number of nitrogens with zero attached hydrogens (tertiary/aromatic N) is 4. The fourth-order valence-corrected chi connectivity index (χ4v) is 0.793. The van der Waals surface area contributed by atoms with E-state index in [1.165, 1.54) is 6.20 Å². The summed E-state index contributed by atoms with van der Waals surface area (Å²) in [4.78, 5) is 21.9. The zero-order valence-corrected chi connectivity index (χ0v) is 8.34. The fourth-order valence-electron chi connectivity index (χ4n) is 0.793. The number of hydrogen-bond donors (Lipinski definition) is 4. The zero-order chi connectivity index (χ0) is 12.1. The lowest BCUT2D eigenvalue weighted by molar-refractivity contribution is 0.249. The van der Waals surface area contributed by atoms with Crippen LogP contribution >= 0.6 is 0 Å². The molecule has 0 aliphatic heterocycles. The van der Waals surface area contributed by atoms with E-state index in [1.54, 1.807) is 6.92 Å². The molecule has 4 amide bonds. The third kappa shape index (κ3) is 3.25. The van der Waals surface area contributed by atoms with Gasteiger partial charge >= 0.3 is 12.1 Å². The molecule has 1 heterocycles. The Kier molecular flexibility index (Phi) is 3.37. The Balaban J connectivity index is 2.73. The van der Waals surface area contributed by atoms with Gasteiger partial charge in [0.1, 0.15) is 5.69 Å². The summed E-state index contributed by atoms with van der Waals surface area (Å²) in [5.74, 6) is 0. The first-order valence-corrected chi connectivity index (χ1v) is 4.08. The van der Waals surface area contributed by atoms with E-state index in [-0.39, 0.29) is 0 Å². The number of carbonyl (C=O) groups is 2. The zero-order valence-electron chi connectivity index (χ0n) is 8.34. The van der Waals surface area contributed by atoms with Crippen LogP contribution in [-0.2, 0) is 0 Å². The Morgan fingerprint density at radius 3 is 2.69 bits per heavy atom. The van der Waals surface area contributed by atoms with E-state index in [2.05, 4.69) is 20.8 Å². The summed E-state index contributed by atoms with van der Waals surface area (Å²) >= 11 is 0. The highest BCUT2D eigenvalue weighted by atomic mass is 16.2. The average Bonchev–Trinajstić information content (AvgIpc) is 2.61. The van der Waals surface area contributed by atoms with Gasteiger partial charge < -0.3 is 11.5 Å². The van der Waals surface area contributed by atoms with Crippen LogP contribution in [0.25, 0.3) is 0 Å². The first kappa shape index (κ1) is 11.4. The van der Waals surface area contributed by atoms with Crippen LogP contribution in [0.5, 0.6) is 0 Å². The van der Waals surface area contributed by atoms with Crippen molar-refractivity contribution in [1.82, 2.24) is 20.5 Å². The smallest absolute Gasteiger partial charge is 0.332 e. The maximum atomic E-state index is 10.5. The van der Waals surface area contributed by atoms with Crippen molar-refractivity contribution in [2.45, 2.75) is 6.92 Å². The Hall–Kier alpha value is -2.65. The summed E-state index contributed by atoms with van der Waals surface area (Å²) in [6.45, 7) is 1.58. The van der Waals surface area contributed by atoms with E-state index in [1.807, 2.05) is 5.43 Å². The normalized spacial score (nSPS) is 10.9. The van der Waals surface area contributed by atoms with Gasteiger partial charge in [0.15, 0.2) is 0 Å². The second-order valence-electron chi connectivity index (χ2n) is 2.70. The third-order valence-electron chi connectivity index (χ3n) is 1.42. The number of nitrogens with two attached hydrogens (primary N) is 2. The predicted molar refractivity (Wildman–Crippen MR) is 53.9 cm³/mol. The Morgan fingerprint density at radius 1 is 1.44 bits per heavy atom. The van der Waals surface area contributed by atoms with Gasteiger partial charge in [-0.1, -0.05) is 0 Å². The summed E-state index contributed by atoms with van der Waals surface area (Å²) in [6, 6.07) is -1.57. The average molecular weight is 226 g/mol. The molecule has 0 radical (unpaired) electrons. The summed E-state index contributed by atoms with van der Waals surface area (Å²) < 4.78 is 0. The third-order valence-corrected chi connectivity index (χ3v) is 1.42. The number of aromatic nitrogens is 3. The minimum absolute atomic E-state index is 0.350. The minimum atomic E-state index is -0.790. The molecule has 0 aliphatic rings. The largest absolute Gasteiger partial charge is 0.350 e. The molecule has 16 heavy (non-hydrogen) atoms. The molecule has 1 aromatic heterocycles. The molecule has 0 aliphatic carbocycles. The van der Waals surface area contributed by atoms with Crippen LogP contribution in [0.2, 0.25) is 0 Å². The molecule has 0 saturated carbocycles. The van der Waals surface area contributed by atoms with Crippen molar-refractivity contribution in [2.75, 3.05) is 5.43 Å². The van der Waals surface area contributed by atoms with E-state index in [0.29, 0.717) is 11.4 Å². The number of hydrazone groups is 1. The second-order valence-corrected chi connectivity index (χ2v) is 2.70. The van der Waals surface area contributed by atoms with Crippen LogP contribution in [0.4, 0.5) is 9.59 Å². The lowest BCUT2D eigenvalue weighted by atomic mass is 10.3. The Labute approximate surface area is 89.6 Å². The van der Waals surface area contributed by atoms with Crippen molar-refractivity contribution in [2.24, 2.45) is 16.6 Å². The fraction of sp³-hybridized carbons (Fsp3) is 0.167. The second kappa shape index (κ2) is 4.72. The molecule has 1 aromatic rings. The molecule has 10 nitrogen and oxygen atoms in total. The van der Waals surface area contributed by atoms with E-state index in [4.69, 9.17) is 11.5 Å². The van der Waals surface area contributed by atoms with E-state index < -0.39 is 12.1 Å². The number of nitrogens with one attached hydrogen (secondary N) is 2. The molecule has 6 N–H and O–H groups in total. The number of amides is 4. The molecule has 0 spiro atoms. The van der Waals surface area contributed by atoms with Crippen molar-refractivity contribution in [1.29, 1.82) is 0 Å². The SMILES string of the molecule is C/C(=N\NC(N)=O)c1cn(NC(N)=O)nn1. The molecule has 1 rings (SSSR count). The van der Waals surface area contributed by atoms with Crippen molar-refractivity contribution in [3.8, 4) is 0 Å². The van der Waals surface area contributed by atoms with Crippen LogP contribution in [0.1, 0.15) is 12.6 Å². The molecule has 86 valence electrons. The molecule has 0 unspecified atom stereocenters. The highest BCUT2D eigenvalue weighted by molar-refractivity contribution is 5.97. The molecule has 0 saturated heterocycles. The Morgan fingerprint density at radius 2 is 2.12 bits per heavy atom. The number of carbonyl (C=O) groups excluding carboxylic acids is 2. The summed E-state index contributed by atoms with van der Waals surface area (Å²) in [6.07, 6.45) is 1.37. The van der Waals surface area contributed by atoms with Gasteiger partial charge in [-0.25, -0.2) is 20.4 Å². The van der Waals surface area contributed by atoms with Gasteiger partial charge in [-0.2, -0.15) is 9.89 Å². The van der Waals surface area contributed by atoms with Crippen LogP contribution in [0, 0.1) is 0 Å². The Bertz CT molecular complexity index is 435. The molecule has 0 bridgehead atoms. The molecule has 0 atom stereocenters. The van der Waals surface area contributed by atoms with E-state index in [9.17, 15) is 9.59 Å². The van der Waals surface area contributed by atoms with Gasteiger partial charge in [-0.3, -0.25) is 0 Å². The van der Waals surface area contributed by atoms with Gasteiger partial charge in [-0.15, -0.1) is 5.10 Å². The van der Waals surface area contributed by atoms with Gasteiger partial charge in [0.25, 0.3) is 0 Å². The standard InChI is InChI=1S/C6H10N8O2/c1-3(9-11-5(7)15)4-2-14(13-10-4)12-6(8)16/h2H,1H3,(H3,7,11,15)(H3,8,12,16)/b9-3+. The number of hydrogen-bond acceptors (Lipinski definition) is 5. The van der Waals surface area contributed by atoms with Gasteiger partial charge in [-0.05, 0) is 12.1 Å². The lowest BCUT2D eigenvalue weighted by Gasteiger charge is -1.97. The number of rotatable bonds is 3. The summed E-state index contributed by atoms with van der Waals surface area (Å²) in [5.41, 5.74) is 14.6. The number of urea groups is 2. The molecule has 0 fully saturated rings. The first-order chi connectivity index (χ1) is 7.49. The summed E-state index contributed by atoms with van der Waals surface area (Å²) in [5, 5.41) is 10.8. The van der Waals surface area contributed by atoms with Crippen LogP contribution in [0.15, 0.2) is 11.3 Å². The molecular weight excluding hydrogens is 216 g/mol.